The van der Waals surface area contributed by atoms with E-state index in [0.29, 0.717) is 0 Å². The van der Waals surface area contributed by atoms with Gasteiger partial charge in [0.1, 0.15) is 30.2 Å². The number of carboxylic acid groups (broad SMARTS) is 2. The Morgan fingerprint density at radius 2 is 1.12 bits per heavy atom. The quantitative estimate of drug-likeness (QED) is 0.0247. The summed E-state index contributed by atoms with van der Waals surface area (Å²) >= 11 is 0.942. The molecule has 24 heteroatoms. The number of hydrogen-bond acceptors (Lipinski definition) is 14. The first-order chi connectivity index (χ1) is 23.6. The molecule has 0 aliphatic carbocycles. The number of aliphatic carboxylic acids is 2. The zero-order chi connectivity index (χ0) is 39.6. The van der Waals surface area contributed by atoms with E-state index >= 15 is 0 Å². The summed E-state index contributed by atoms with van der Waals surface area (Å²) in [4.78, 5) is 98.5. The Morgan fingerprint density at radius 3 is 1.51 bits per heavy atom. The number of guanidine groups is 1. The monoisotopic (exact) mass is 752 g/mol. The number of nitrogens with two attached hydrogens (primary N) is 3. The summed E-state index contributed by atoms with van der Waals surface area (Å²) in [6.07, 6.45) is -6.09. The topological polar surface area (TPSA) is 412 Å². The first-order valence-electron chi connectivity index (χ1n) is 15.3. The minimum atomic E-state index is -1.89. The van der Waals surface area contributed by atoms with Crippen molar-refractivity contribution >= 4 is 65.1 Å². The third kappa shape index (κ3) is 18.2. The van der Waals surface area contributed by atoms with Gasteiger partial charge in [0, 0.05) is 12.3 Å². The SMILES string of the molecule is C[C@@H](O)[C@H](NC(=O)[C@@H](NC(=O)[C@@H](NC(=O)[C@@H](N)CSCC(N)=O)[C@@H](C)O)[C@@H](C)O)C(=O)N[C@@H](CCCNC(=N)N)C(=O)N[C@@H](CC(=O)O)C(=O)O. The molecule has 0 heterocycles. The molecule has 0 unspecified atom stereocenters. The summed E-state index contributed by atoms with van der Waals surface area (Å²) in [7, 11) is 0. The number of hydrogen-bond donors (Lipinski definition) is 15. The maximum absolute atomic E-state index is 13.3. The molecule has 0 aromatic heterocycles. The van der Waals surface area contributed by atoms with Crippen molar-refractivity contribution in [3.8, 4) is 0 Å². The van der Waals surface area contributed by atoms with Crippen molar-refractivity contribution in [2.24, 2.45) is 17.2 Å². The van der Waals surface area contributed by atoms with Crippen LogP contribution in [0.1, 0.15) is 40.0 Å². The molecule has 18 N–H and O–H groups in total. The lowest BCUT2D eigenvalue weighted by Gasteiger charge is -2.29. The second-order valence-corrected chi connectivity index (χ2v) is 12.3. The van der Waals surface area contributed by atoms with Crippen molar-refractivity contribution < 1.29 is 63.9 Å². The Kier molecular flexibility index (Phi) is 20.7. The van der Waals surface area contributed by atoms with Crippen molar-refractivity contribution in [1.82, 2.24) is 31.9 Å². The molecule has 0 saturated heterocycles. The molecule has 9 atom stereocenters. The molecular formula is C27H48N10O13S. The molecule has 51 heavy (non-hydrogen) atoms. The number of primary amides is 1. The fourth-order valence-electron chi connectivity index (χ4n) is 4.03. The molecule has 0 aromatic rings. The number of thioether (sulfide) groups is 1. The van der Waals surface area contributed by atoms with Crippen molar-refractivity contribution in [3.63, 3.8) is 0 Å². The lowest BCUT2D eigenvalue weighted by Crippen LogP contribution is -2.64. The Bertz CT molecular complexity index is 1270. The largest absolute Gasteiger partial charge is 0.481 e. The van der Waals surface area contributed by atoms with E-state index < -0.39 is 114 Å². The van der Waals surface area contributed by atoms with Crippen LogP contribution in [0.25, 0.3) is 0 Å². The van der Waals surface area contributed by atoms with Crippen molar-refractivity contribution in [2.45, 2.75) is 94.6 Å². The number of nitrogens with one attached hydrogen (secondary N) is 7. The minimum absolute atomic E-state index is 0.0207. The zero-order valence-electron chi connectivity index (χ0n) is 28.1. The van der Waals surface area contributed by atoms with Gasteiger partial charge < -0.3 is 74.6 Å². The van der Waals surface area contributed by atoms with E-state index in [2.05, 4.69) is 26.6 Å². The van der Waals surface area contributed by atoms with E-state index in [9.17, 15) is 58.8 Å². The lowest BCUT2D eigenvalue weighted by atomic mass is 10.0. The number of aliphatic hydroxyl groups excluding tert-OH is 3. The van der Waals surface area contributed by atoms with Crippen LogP contribution < -0.4 is 49.1 Å². The third-order valence-electron chi connectivity index (χ3n) is 6.68. The van der Waals surface area contributed by atoms with Gasteiger partial charge in [0.05, 0.1) is 36.5 Å². The molecule has 0 aliphatic heterocycles. The Hall–Kier alpha value is -4.78. The molecule has 23 nitrogen and oxygen atoms in total. The molecule has 290 valence electrons. The number of carbonyl (C=O) groups excluding carboxylic acids is 6. The normalized spacial score (nSPS) is 16.2. The van der Waals surface area contributed by atoms with Gasteiger partial charge in [-0.2, -0.15) is 0 Å². The number of rotatable bonds is 24. The summed E-state index contributed by atoms with van der Waals surface area (Å²) in [6.45, 7) is 3.30. The van der Waals surface area contributed by atoms with Crippen molar-refractivity contribution in [1.29, 1.82) is 5.41 Å². The number of carboxylic acids is 2. The van der Waals surface area contributed by atoms with Crippen LogP contribution in [0, 0.1) is 5.41 Å². The van der Waals surface area contributed by atoms with Gasteiger partial charge >= 0.3 is 11.9 Å². The molecule has 0 fully saturated rings. The van der Waals surface area contributed by atoms with Crippen LogP contribution in [0.2, 0.25) is 0 Å². The van der Waals surface area contributed by atoms with E-state index in [1.54, 1.807) is 0 Å². The van der Waals surface area contributed by atoms with E-state index in [1.807, 2.05) is 5.32 Å². The van der Waals surface area contributed by atoms with E-state index in [1.165, 1.54) is 0 Å². The summed E-state index contributed by atoms with van der Waals surface area (Å²) in [5.41, 5.74) is 16.0. The molecule has 6 amide bonds. The second kappa shape index (κ2) is 22.8. The van der Waals surface area contributed by atoms with Gasteiger partial charge in [-0.25, -0.2) is 4.79 Å². The van der Waals surface area contributed by atoms with Gasteiger partial charge in [-0.15, -0.1) is 11.8 Å². The summed E-state index contributed by atoms with van der Waals surface area (Å²) < 4.78 is 0. The molecular weight excluding hydrogens is 704 g/mol. The van der Waals surface area contributed by atoms with Crippen LogP contribution in [0.15, 0.2) is 0 Å². The molecule has 0 saturated carbocycles. The van der Waals surface area contributed by atoms with E-state index in [0.717, 1.165) is 32.5 Å². The smallest absolute Gasteiger partial charge is 0.326 e. The van der Waals surface area contributed by atoms with Crippen molar-refractivity contribution in [3.05, 3.63) is 0 Å². The van der Waals surface area contributed by atoms with Gasteiger partial charge in [-0.3, -0.25) is 39.0 Å². The minimum Gasteiger partial charge on any atom is -0.481 e. The van der Waals surface area contributed by atoms with Gasteiger partial charge in [-0.05, 0) is 33.6 Å². The number of amides is 6. The van der Waals surface area contributed by atoms with E-state index in [-0.39, 0.29) is 30.9 Å². The molecule has 0 aliphatic rings. The van der Waals surface area contributed by atoms with Gasteiger partial charge in [0.15, 0.2) is 5.96 Å². The highest BCUT2D eigenvalue weighted by Gasteiger charge is 2.37. The van der Waals surface area contributed by atoms with Crippen LogP contribution in [0.4, 0.5) is 0 Å². The predicted octanol–water partition coefficient (Wildman–Crippen LogP) is -7.08. The first-order valence-corrected chi connectivity index (χ1v) is 16.4. The van der Waals surface area contributed by atoms with Crippen molar-refractivity contribution in [2.75, 3.05) is 18.1 Å². The van der Waals surface area contributed by atoms with Crippen LogP contribution >= 0.6 is 11.8 Å². The highest BCUT2D eigenvalue weighted by Crippen LogP contribution is 2.06. The molecule has 0 radical (unpaired) electrons. The maximum Gasteiger partial charge on any atom is 0.326 e. The second-order valence-electron chi connectivity index (χ2n) is 11.3. The first kappa shape index (κ1) is 46.2. The Balaban J connectivity index is 5.96. The molecule has 0 rings (SSSR count). The van der Waals surface area contributed by atoms with Crippen LogP contribution in [-0.4, -0.2) is 151 Å². The van der Waals surface area contributed by atoms with E-state index in [4.69, 9.17) is 27.7 Å². The molecule has 0 bridgehead atoms. The molecule has 0 spiro atoms. The Labute approximate surface area is 296 Å². The average molecular weight is 753 g/mol. The maximum atomic E-state index is 13.3. The van der Waals surface area contributed by atoms with Gasteiger partial charge in [-0.1, -0.05) is 0 Å². The Morgan fingerprint density at radius 1 is 0.686 bits per heavy atom. The fraction of sp³-hybridized carbons (Fsp3) is 0.667. The standard InChI is InChI=1S/C27H48N10O13S/c1-10(38)18(23(46)33-14(5-4-6-32-27(30)31)22(45)34-15(26(49)50)7-17(42)43)36-25(48)20(12(3)40)37-24(47)19(11(2)39)35-21(44)13(28)8-51-9-16(29)41/h10-15,18-20,38-40H,4-9,28H2,1-3H3,(H2,29,41)(H,33,46)(H,34,45)(H,35,44)(H,36,48)(H,37,47)(H,42,43)(H,49,50)(H4,30,31,32)/t10-,11-,12-,13+,14+,15+,18+,19+,20+/m1/s1. The predicted molar refractivity (Wildman–Crippen MR) is 178 cm³/mol. The van der Waals surface area contributed by atoms with Gasteiger partial charge in [0.2, 0.25) is 35.4 Å². The summed E-state index contributed by atoms with van der Waals surface area (Å²) in [5, 5.41) is 69.5. The van der Waals surface area contributed by atoms with Crippen LogP contribution in [0.3, 0.4) is 0 Å². The highest BCUT2D eigenvalue weighted by molar-refractivity contribution is 8.00. The van der Waals surface area contributed by atoms with Crippen LogP contribution in [0.5, 0.6) is 0 Å². The summed E-state index contributed by atoms with van der Waals surface area (Å²) in [5.74, 6) is -10.2. The fourth-order valence-corrected chi connectivity index (χ4v) is 4.76. The summed E-state index contributed by atoms with van der Waals surface area (Å²) in [6, 6.07) is -10.1. The van der Waals surface area contributed by atoms with Crippen LogP contribution in [-0.2, 0) is 38.4 Å². The number of aliphatic hydroxyl groups is 3. The molecule has 0 aromatic carbocycles. The number of carbonyl (C=O) groups is 8. The zero-order valence-corrected chi connectivity index (χ0v) is 28.9. The highest BCUT2D eigenvalue weighted by atomic mass is 32.2. The van der Waals surface area contributed by atoms with Gasteiger partial charge in [0.25, 0.3) is 0 Å². The lowest BCUT2D eigenvalue weighted by molar-refractivity contribution is -0.147. The average Bonchev–Trinajstić information content (AvgIpc) is 3.00. The third-order valence-corrected chi connectivity index (χ3v) is 7.76.